The average molecular weight is 582 g/mol. The van der Waals surface area contributed by atoms with Gasteiger partial charge < -0.3 is 0 Å². The molecule has 0 N–H and O–H groups in total. The predicted octanol–water partition coefficient (Wildman–Crippen LogP) is 4.02. The van der Waals surface area contributed by atoms with Crippen LogP contribution in [0.1, 0.15) is 11.2 Å². The van der Waals surface area contributed by atoms with Crippen LogP contribution < -0.4 is 10.6 Å². The van der Waals surface area contributed by atoms with Crippen LogP contribution in [0.5, 0.6) is 0 Å². The molecule has 1 heterocycles. The molecule has 4 atom stereocenters. The van der Waals surface area contributed by atoms with Gasteiger partial charge in [0.05, 0.1) is 0 Å². The fourth-order valence-electron chi connectivity index (χ4n) is 3.52. The second kappa shape index (κ2) is 8.13. The molecule has 27 heavy (non-hydrogen) atoms. The minimum atomic E-state index is -1.70. The van der Waals surface area contributed by atoms with Crippen LogP contribution in [0.3, 0.4) is 0 Å². The molecule has 6 heteroatoms. The van der Waals surface area contributed by atoms with Crippen molar-refractivity contribution in [1.29, 1.82) is 5.26 Å². The molecule has 0 aliphatic carbocycles. The Labute approximate surface area is 181 Å². The van der Waals surface area contributed by atoms with Crippen LogP contribution in [0.4, 0.5) is 0 Å². The molecule has 0 amide bonds. The van der Waals surface area contributed by atoms with Crippen LogP contribution in [-0.2, 0) is 0 Å². The van der Waals surface area contributed by atoms with E-state index in [1.165, 1.54) is 16.2 Å². The van der Waals surface area contributed by atoms with Gasteiger partial charge in [-0.25, -0.2) is 0 Å². The zero-order valence-corrected chi connectivity index (χ0v) is 21.3. The van der Waals surface area contributed by atoms with E-state index in [0.29, 0.717) is 14.1 Å². The molecule has 1 aliphatic rings. The zero-order valence-electron chi connectivity index (χ0n) is 14.4. The van der Waals surface area contributed by atoms with E-state index < -0.39 is 8.40 Å². The van der Waals surface area contributed by atoms with Crippen molar-refractivity contribution in [2.45, 2.75) is 11.3 Å². The van der Waals surface area contributed by atoms with E-state index in [4.69, 9.17) is 0 Å². The molecular formula is C21H17NP2Se3. The number of nitrogens with zero attached hydrogens (tertiary/aromatic N) is 1. The van der Waals surface area contributed by atoms with E-state index >= 15 is 0 Å². The standard InChI is InChI=1S/C21H17NP2Se3/c22-16-20-21(17-10-4-1-5-11-17)24(26,19-14-8-3-9-15-19)27-23(20,25)18-12-6-2-7-13-18/h1-15,20-21H. The Morgan fingerprint density at radius 2 is 1.15 bits per heavy atom. The first-order valence-electron chi connectivity index (χ1n) is 8.56. The fourth-order valence-corrected chi connectivity index (χ4v) is 66.8. The summed E-state index contributed by atoms with van der Waals surface area (Å²) >= 11 is 7.64. The molecule has 0 bridgehead atoms. The molecular weight excluding hydrogens is 565 g/mol. The van der Waals surface area contributed by atoms with E-state index in [9.17, 15) is 5.26 Å². The molecule has 3 aromatic rings. The molecule has 134 valence electrons. The monoisotopic (exact) mass is 585 g/mol. The van der Waals surface area contributed by atoms with Crippen LogP contribution in [0.2, 0.25) is 0 Å². The van der Waals surface area contributed by atoms with Crippen LogP contribution in [0.15, 0.2) is 91.0 Å². The van der Waals surface area contributed by atoms with Gasteiger partial charge in [0.1, 0.15) is 0 Å². The number of benzene rings is 3. The maximum atomic E-state index is 10.3. The van der Waals surface area contributed by atoms with Crippen LogP contribution >= 0.6 is 8.40 Å². The fraction of sp³-hybridized carbons (Fsp3) is 0.0952. The molecule has 0 radical (unpaired) electrons. The second-order valence-corrected chi connectivity index (χ2v) is 36.2. The molecule has 4 rings (SSSR count). The van der Waals surface area contributed by atoms with Gasteiger partial charge in [-0.05, 0) is 0 Å². The minimum absolute atomic E-state index is 0.0112. The summed E-state index contributed by atoms with van der Waals surface area (Å²) in [5, 5.41) is 13.1. The molecule has 1 nitrogen and oxygen atoms in total. The van der Waals surface area contributed by atoms with Crippen molar-refractivity contribution in [2.75, 3.05) is 0 Å². The van der Waals surface area contributed by atoms with Gasteiger partial charge in [0.2, 0.25) is 0 Å². The molecule has 1 saturated heterocycles. The Hall–Kier alpha value is -0.432. The molecule has 0 aromatic heterocycles. The van der Waals surface area contributed by atoms with Gasteiger partial charge in [0.25, 0.3) is 0 Å². The Morgan fingerprint density at radius 1 is 0.704 bits per heavy atom. The summed E-state index contributed by atoms with van der Waals surface area (Å²) in [5.41, 5.74) is 1.56. The number of hydrogen-bond acceptors (Lipinski definition) is 1. The zero-order chi connectivity index (χ0) is 18.9. The molecule has 4 unspecified atom stereocenters. The van der Waals surface area contributed by atoms with Crippen molar-refractivity contribution in [3.05, 3.63) is 96.6 Å². The van der Waals surface area contributed by atoms with Crippen LogP contribution in [0, 0.1) is 11.3 Å². The summed E-state index contributed by atoms with van der Waals surface area (Å²) in [6, 6.07) is 35.0. The Balaban J connectivity index is 1.97. The Morgan fingerprint density at radius 3 is 1.63 bits per heavy atom. The summed E-state index contributed by atoms with van der Waals surface area (Å²) in [4.78, 5) is 0. The quantitative estimate of drug-likeness (QED) is 0.339. The van der Waals surface area contributed by atoms with Gasteiger partial charge in [0.15, 0.2) is 0 Å². The Bertz CT molecular complexity index is 1080. The number of hydrogen-bond donors (Lipinski definition) is 0. The maximum absolute atomic E-state index is 10.3. The normalized spacial score (nSPS) is 29.9. The summed E-state index contributed by atoms with van der Waals surface area (Å²) in [6.45, 7) is 0. The molecule has 0 saturated carbocycles. The third kappa shape index (κ3) is 3.51. The van der Waals surface area contributed by atoms with E-state index in [0.717, 1.165) is 0 Å². The van der Waals surface area contributed by atoms with Crippen LogP contribution in [0.25, 0.3) is 0 Å². The van der Waals surface area contributed by atoms with Crippen molar-refractivity contribution in [2.24, 2.45) is 0 Å². The molecule has 0 spiro atoms. The van der Waals surface area contributed by atoms with Gasteiger partial charge >= 0.3 is 182 Å². The van der Waals surface area contributed by atoms with E-state index in [-0.39, 0.29) is 11.3 Å². The second-order valence-electron chi connectivity index (χ2n) is 6.38. The van der Waals surface area contributed by atoms with Crippen molar-refractivity contribution in [3.8, 4) is 6.07 Å². The summed E-state index contributed by atoms with van der Waals surface area (Å²) in [6.07, 6.45) is 0. The Kier molecular flexibility index (Phi) is 5.98. The van der Waals surface area contributed by atoms with Gasteiger partial charge in [-0.3, -0.25) is 0 Å². The van der Waals surface area contributed by atoms with Crippen molar-refractivity contribution in [3.63, 3.8) is 0 Å². The van der Waals surface area contributed by atoms with Crippen molar-refractivity contribution >= 4 is 63.3 Å². The first kappa shape index (κ1) is 19.9. The van der Waals surface area contributed by atoms with Gasteiger partial charge in [0, 0.05) is 0 Å². The third-order valence-electron chi connectivity index (χ3n) is 4.78. The SMILES string of the molecule is N#CC1C(c2ccccc2)P(=[Se])(c2ccccc2)[Se]P1(=[Se])c1ccccc1. The van der Waals surface area contributed by atoms with E-state index in [2.05, 4.69) is 127 Å². The van der Waals surface area contributed by atoms with Crippen molar-refractivity contribution < 1.29 is 0 Å². The number of rotatable bonds is 3. The first-order chi connectivity index (χ1) is 13.1. The summed E-state index contributed by atoms with van der Waals surface area (Å²) < 4.78 is -3.33. The predicted molar refractivity (Wildman–Crippen MR) is 122 cm³/mol. The summed E-state index contributed by atoms with van der Waals surface area (Å²) in [7, 11) is 0. The average Bonchev–Trinajstić information content (AvgIpc) is 2.98. The first-order valence-corrected chi connectivity index (χ1v) is 21.1. The molecule has 1 aliphatic heterocycles. The van der Waals surface area contributed by atoms with Gasteiger partial charge in [-0.1, -0.05) is 0 Å². The van der Waals surface area contributed by atoms with E-state index in [1.54, 1.807) is 0 Å². The van der Waals surface area contributed by atoms with Gasteiger partial charge in [-0.15, -0.1) is 0 Å². The van der Waals surface area contributed by atoms with Gasteiger partial charge in [-0.2, -0.15) is 0 Å². The van der Waals surface area contributed by atoms with Crippen molar-refractivity contribution in [1.82, 2.24) is 0 Å². The summed E-state index contributed by atoms with van der Waals surface area (Å²) in [5.74, 6) is 0. The van der Waals surface area contributed by atoms with E-state index in [1.807, 2.05) is 0 Å². The van der Waals surface area contributed by atoms with Crippen LogP contribution in [-0.4, -0.2) is 49.9 Å². The molecule has 3 aromatic carbocycles. The number of nitriles is 1. The molecule has 1 fully saturated rings. The topological polar surface area (TPSA) is 23.8 Å². The third-order valence-corrected chi connectivity index (χ3v) is 44.7.